The zero-order valence-electron chi connectivity index (χ0n) is 15.5. The standard InChI is InChI=1S/C20H17ClN5O3/c1-28-26-19(27)14-7-8-16(17-13(14)9-10-29-17)24-20-22-11-15(21)18(25-20)23-12-5-3-2-4-6-12/h2-5,7-8,11H,9-10H2,1H3,(H,26,27)(H2,22,23,24,25). The highest BCUT2D eigenvalue weighted by atomic mass is 35.5. The van der Waals surface area contributed by atoms with E-state index >= 15 is 0 Å². The maximum absolute atomic E-state index is 12.2. The molecule has 1 aromatic heterocycles. The monoisotopic (exact) mass is 410 g/mol. The van der Waals surface area contributed by atoms with E-state index in [4.69, 9.17) is 21.2 Å². The molecule has 3 N–H and O–H groups in total. The van der Waals surface area contributed by atoms with Gasteiger partial charge in [-0.05, 0) is 18.2 Å². The number of anilines is 4. The number of carbonyl (C=O) groups is 1. The second-order valence-corrected chi connectivity index (χ2v) is 6.53. The van der Waals surface area contributed by atoms with Crippen molar-refractivity contribution in [1.29, 1.82) is 0 Å². The molecular formula is C20H17ClN5O3. The van der Waals surface area contributed by atoms with Gasteiger partial charge in [-0.2, -0.15) is 4.98 Å². The van der Waals surface area contributed by atoms with Crippen LogP contribution in [0.1, 0.15) is 15.9 Å². The van der Waals surface area contributed by atoms with E-state index in [-0.39, 0.29) is 5.91 Å². The average molecular weight is 411 g/mol. The molecule has 1 aliphatic heterocycles. The van der Waals surface area contributed by atoms with Crippen molar-refractivity contribution in [2.45, 2.75) is 6.42 Å². The van der Waals surface area contributed by atoms with Crippen LogP contribution in [0, 0.1) is 6.07 Å². The van der Waals surface area contributed by atoms with E-state index in [1.807, 2.05) is 18.2 Å². The van der Waals surface area contributed by atoms with Gasteiger partial charge < -0.3 is 15.4 Å². The van der Waals surface area contributed by atoms with E-state index in [2.05, 4.69) is 32.1 Å². The zero-order valence-corrected chi connectivity index (χ0v) is 16.2. The molecule has 0 fully saturated rings. The van der Waals surface area contributed by atoms with Crippen molar-refractivity contribution >= 4 is 40.6 Å². The molecule has 1 aliphatic rings. The number of hydroxylamine groups is 1. The Morgan fingerprint density at radius 3 is 2.97 bits per heavy atom. The first kappa shape index (κ1) is 19.0. The van der Waals surface area contributed by atoms with Gasteiger partial charge in [0.25, 0.3) is 5.91 Å². The van der Waals surface area contributed by atoms with E-state index in [0.29, 0.717) is 46.8 Å². The molecule has 0 spiro atoms. The third-order valence-corrected chi connectivity index (χ3v) is 4.53. The summed E-state index contributed by atoms with van der Waals surface area (Å²) in [5.74, 6) is 1.05. The van der Waals surface area contributed by atoms with Gasteiger partial charge in [0.05, 0.1) is 25.6 Å². The van der Waals surface area contributed by atoms with Gasteiger partial charge in [-0.1, -0.05) is 29.8 Å². The minimum atomic E-state index is -0.325. The molecule has 0 bridgehead atoms. The van der Waals surface area contributed by atoms with Gasteiger partial charge in [0, 0.05) is 29.3 Å². The van der Waals surface area contributed by atoms with Crippen LogP contribution in [0.25, 0.3) is 0 Å². The lowest BCUT2D eigenvalue weighted by Crippen LogP contribution is -2.23. The summed E-state index contributed by atoms with van der Waals surface area (Å²) in [6, 6.07) is 13.9. The number of benzene rings is 2. The number of nitrogens with one attached hydrogen (secondary N) is 3. The summed E-state index contributed by atoms with van der Waals surface area (Å²) in [7, 11) is 1.39. The molecule has 0 unspecified atom stereocenters. The van der Waals surface area contributed by atoms with Crippen LogP contribution in [0.3, 0.4) is 0 Å². The second-order valence-electron chi connectivity index (χ2n) is 6.12. The SMILES string of the molecule is CONC(=O)c1ccc(Nc2ncc(Cl)c(Nc3[c]cccc3)n2)c2c1CCO2. The molecular weight excluding hydrogens is 394 g/mol. The molecule has 0 saturated heterocycles. The topological polar surface area (TPSA) is 97.4 Å². The Kier molecular flexibility index (Phi) is 5.46. The Morgan fingerprint density at radius 1 is 1.28 bits per heavy atom. The van der Waals surface area contributed by atoms with Crippen molar-refractivity contribution in [2.24, 2.45) is 0 Å². The lowest BCUT2D eigenvalue weighted by molar-refractivity contribution is 0.0537. The number of carbonyl (C=O) groups excluding carboxylic acids is 1. The third kappa shape index (κ3) is 4.08. The van der Waals surface area contributed by atoms with E-state index < -0.39 is 0 Å². The molecule has 0 aliphatic carbocycles. The van der Waals surface area contributed by atoms with Crippen LogP contribution in [0.2, 0.25) is 5.02 Å². The van der Waals surface area contributed by atoms with Crippen LogP contribution in [0.5, 0.6) is 5.75 Å². The zero-order chi connectivity index (χ0) is 20.2. The molecule has 1 amide bonds. The van der Waals surface area contributed by atoms with Gasteiger partial charge in [-0.3, -0.25) is 9.63 Å². The molecule has 2 heterocycles. The maximum atomic E-state index is 12.2. The Labute approximate surface area is 172 Å². The Balaban J connectivity index is 1.61. The fourth-order valence-electron chi connectivity index (χ4n) is 2.99. The predicted molar refractivity (Wildman–Crippen MR) is 109 cm³/mol. The van der Waals surface area contributed by atoms with Crippen LogP contribution >= 0.6 is 11.6 Å². The third-order valence-electron chi connectivity index (χ3n) is 4.25. The number of rotatable bonds is 6. The van der Waals surface area contributed by atoms with Crippen molar-refractivity contribution in [1.82, 2.24) is 15.4 Å². The van der Waals surface area contributed by atoms with Crippen molar-refractivity contribution < 1.29 is 14.4 Å². The minimum Gasteiger partial charge on any atom is -0.491 e. The highest BCUT2D eigenvalue weighted by molar-refractivity contribution is 6.32. The molecule has 1 radical (unpaired) electrons. The van der Waals surface area contributed by atoms with Crippen LogP contribution in [0.15, 0.2) is 42.6 Å². The molecule has 8 nitrogen and oxygen atoms in total. The van der Waals surface area contributed by atoms with E-state index in [1.54, 1.807) is 18.2 Å². The van der Waals surface area contributed by atoms with Crippen LogP contribution in [-0.2, 0) is 11.3 Å². The largest absolute Gasteiger partial charge is 0.491 e. The number of aromatic nitrogens is 2. The average Bonchev–Trinajstić information content (AvgIpc) is 3.22. The quantitative estimate of drug-likeness (QED) is 0.533. The highest BCUT2D eigenvalue weighted by Crippen LogP contribution is 2.37. The van der Waals surface area contributed by atoms with Crippen LogP contribution < -0.4 is 20.9 Å². The fraction of sp³-hybridized carbons (Fsp3) is 0.150. The van der Waals surface area contributed by atoms with Crippen molar-refractivity contribution in [2.75, 3.05) is 24.4 Å². The van der Waals surface area contributed by atoms with E-state index in [1.165, 1.54) is 13.3 Å². The van der Waals surface area contributed by atoms with Gasteiger partial charge in [0.1, 0.15) is 10.8 Å². The van der Waals surface area contributed by atoms with Crippen LogP contribution in [0.4, 0.5) is 23.1 Å². The van der Waals surface area contributed by atoms with Gasteiger partial charge in [-0.15, -0.1) is 0 Å². The molecule has 4 rings (SSSR count). The summed E-state index contributed by atoms with van der Waals surface area (Å²) in [5.41, 5.74) is 5.03. The first-order valence-electron chi connectivity index (χ1n) is 8.81. The minimum absolute atomic E-state index is 0.325. The first-order chi connectivity index (χ1) is 14.2. The highest BCUT2D eigenvalue weighted by Gasteiger charge is 2.24. The smallest absolute Gasteiger partial charge is 0.275 e. The number of hydrogen-bond acceptors (Lipinski definition) is 7. The normalized spacial score (nSPS) is 12.1. The lowest BCUT2D eigenvalue weighted by atomic mass is 10.0. The number of halogens is 1. The number of ether oxygens (including phenoxy) is 1. The Hall–Kier alpha value is -3.36. The first-order valence-corrected chi connectivity index (χ1v) is 9.19. The number of para-hydroxylation sites is 1. The van der Waals surface area contributed by atoms with Gasteiger partial charge in [0.2, 0.25) is 5.95 Å². The Morgan fingerprint density at radius 2 is 2.17 bits per heavy atom. The predicted octanol–water partition coefficient (Wildman–Crippen LogP) is 3.64. The summed E-state index contributed by atoms with van der Waals surface area (Å²) in [6.07, 6.45) is 2.12. The van der Waals surface area contributed by atoms with Gasteiger partial charge >= 0.3 is 0 Å². The fourth-order valence-corrected chi connectivity index (χ4v) is 3.13. The van der Waals surface area contributed by atoms with E-state index in [0.717, 1.165) is 11.3 Å². The summed E-state index contributed by atoms with van der Waals surface area (Å²) >= 11 is 6.22. The molecule has 0 atom stereocenters. The molecule has 2 aromatic carbocycles. The molecule has 0 saturated carbocycles. The van der Waals surface area contributed by atoms with Crippen molar-refractivity contribution in [3.63, 3.8) is 0 Å². The maximum Gasteiger partial charge on any atom is 0.275 e. The number of fused-ring (bicyclic) bond motifs is 1. The summed E-state index contributed by atoms with van der Waals surface area (Å²) in [5, 5.41) is 6.62. The van der Waals surface area contributed by atoms with Gasteiger partial charge in [0.15, 0.2) is 5.82 Å². The van der Waals surface area contributed by atoms with Crippen molar-refractivity contribution in [3.8, 4) is 5.75 Å². The summed E-state index contributed by atoms with van der Waals surface area (Å²) in [6.45, 7) is 0.486. The van der Waals surface area contributed by atoms with Crippen molar-refractivity contribution in [3.05, 3.63) is 64.8 Å². The van der Waals surface area contributed by atoms with E-state index in [9.17, 15) is 4.79 Å². The Bertz CT molecular complexity index is 1050. The number of amides is 1. The second kappa shape index (κ2) is 8.34. The van der Waals surface area contributed by atoms with Crippen LogP contribution in [-0.4, -0.2) is 29.6 Å². The number of nitrogens with zero attached hydrogens (tertiary/aromatic N) is 2. The molecule has 29 heavy (non-hydrogen) atoms. The lowest BCUT2D eigenvalue weighted by Gasteiger charge is -2.13. The molecule has 147 valence electrons. The summed E-state index contributed by atoms with van der Waals surface area (Å²) < 4.78 is 5.73. The molecule has 9 heteroatoms. The molecule has 3 aromatic rings. The summed E-state index contributed by atoms with van der Waals surface area (Å²) in [4.78, 5) is 25.6. The number of hydrogen-bond donors (Lipinski definition) is 3. The van der Waals surface area contributed by atoms with Gasteiger partial charge in [-0.25, -0.2) is 10.5 Å².